The van der Waals surface area contributed by atoms with Gasteiger partial charge in [0.2, 0.25) is 5.78 Å². The van der Waals surface area contributed by atoms with Crippen molar-refractivity contribution in [2.24, 2.45) is 0 Å². The van der Waals surface area contributed by atoms with Crippen LogP contribution in [-0.4, -0.2) is 35.3 Å². The Balaban J connectivity index is 2.25. The molecule has 0 radical (unpaired) electrons. The lowest BCUT2D eigenvalue weighted by Gasteiger charge is -2.29. The van der Waals surface area contributed by atoms with E-state index in [1.54, 1.807) is 31.0 Å². The molecule has 0 N–H and O–H groups in total. The van der Waals surface area contributed by atoms with E-state index in [1.807, 2.05) is 26.0 Å². The molecule has 0 saturated carbocycles. The standard InChI is InChI=1S/C16H21NO3/c1-5-6-7-8-9-16(3)14(18)13-12(20-16)10-11(2)17(4)15(13)19/h6-9,11H,5,10H2,1-4H3/b7-6+,9-8+/t11?,16-/m1/s1. The molecule has 1 amide bonds. The topological polar surface area (TPSA) is 46.6 Å². The lowest BCUT2D eigenvalue weighted by Crippen LogP contribution is -2.42. The van der Waals surface area contributed by atoms with Crippen LogP contribution in [0.4, 0.5) is 0 Å². The maximum atomic E-state index is 12.5. The first kappa shape index (κ1) is 14.6. The van der Waals surface area contributed by atoms with Gasteiger partial charge in [0.1, 0.15) is 11.3 Å². The maximum Gasteiger partial charge on any atom is 0.261 e. The molecule has 0 aromatic rings. The molecule has 2 atom stereocenters. The summed E-state index contributed by atoms with van der Waals surface area (Å²) in [5, 5.41) is 0. The molecule has 0 spiro atoms. The fourth-order valence-electron chi connectivity index (χ4n) is 2.43. The summed E-state index contributed by atoms with van der Waals surface area (Å²) in [5.74, 6) is 0.0691. The van der Waals surface area contributed by atoms with E-state index in [2.05, 4.69) is 0 Å². The largest absolute Gasteiger partial charge is 0.479 e. The van der Waals surface area contributed by atoms with Crippen molar-refractivity contribution in [2.75, 3.05) is 7.05 Å². The predicted octanol–water partition coefficient (Wildman–Crippen LogP) is 2.37. The molecule has 4 nitrogen and oxygen atoms in total. The SMILES string of the molecule is CC/C=C/C=C/[C@@]1(C)OC2=C(C(=O)N(C)C(C)C2)C1=O. The van der Waals surface area contributed by atoms with Crippen LogP contribution in [0.5, 0.6) is 0 Å². The minimum atomic E-state index is -1.05. The number of amides is 1. The normalized spacial score (nSPS) is 30.6. The smallest absolute Gasteiger partial charge is 0.261 e. The van der Waals surface area contributed by atoms with Gasteiger partial charge in [-0.1, -0.05) is 25.2 Å². The number of hydrogen-bond acceptors (Lipinski definition) is 3. The van der Waals surface area contributed by atoms with Crippen LogP contribution >= 0.6 is 0 Å². The average Bonchev–Trinajstić information content (AvgIpc) is 2.64. The summed E-state index contributed by atoms with van der Waals surface area (Å²) in [7, 11) is 1.72. The van der Waals surface area contributed by atoms with Gasteiger partial charge in [0, 0.05) is 19.5 Å². The molecule has 0 fully saturated rings. The van der Waals surface area contributed by atoms with Crippen molar-refractivity contribution in [3.8, 4) is 0 Å². The number of rotatable bonds is 3. The number of allylic oxidation sites excluding steroid dienone is 3. The van der Waals surface area contributed by atoms with Crippen LogP contribution in [0.15, 0.2) is 35.6 Å². The van der Waals surface area contributed by atoms with Gasteiger partial charge in [-0.05, 0) is 26.3 Å². The van der Waals surface area contributed by atoms with E-state index in [1.165, 1.54) is 0 Å². The van der Waals surface area contributed by atoms with E-state index in [0.29, 0.717) is 12.2 Å². The van der Waals surface area contributed by atoms with E-state index in [9.17, 15) is 9.59 Å². The number of carbonyl (C=O) groups excluding carboxylic acids is 2. The minimum Gasteiger partial charge on any atom is -0.479 e. The zero-order valence-corrected chi connectivity index (χ0v) is 12.5. The molecule has 2 aliphatic rings. The average molecular weight is 275 g/mol. The second-order valence-corrected chi connectivity index (χ2v) is 5.50. The van der Waals surface area contributed by atoms with Crippen molar-refractivity contribution in [3.63, 3.8) is 0 Å². The van der Waals surface area contributed by atoms with Crippen LogP contribution in [0.1, 0.15) is 33.6 Å². The second kappa shape index (κ2) is 5.27. The fraction of sp³-hybridized carbons (Fsp3) is 0.500. The highest BCUT2D eigenvalue weighted by Gasteiger charge is 2.49. The van der Waals surface area contributed by atoms with Crippen molar-refractivity contribution in [2.45, 2.75) is 45.3 Å². The van der Waals surface area contributed by atoms with E-state index in [4.69, 9.17) is 4.74 Å². The van der Waals surface area contributed by atoms with E-state index < -0.39 is 5.60 Å². The number of ketones is 1. The number of carbonyl (C=O) groups is 2. The highest BCUT2D eigenvalue weighted by atomic mass is 16.5. The number of Topliss-reactive ketones (excluding diaryl/α,β-unsaturated/α-hetero) is 1. The van der Waals surface area contributed by atoms with Crippen molar-refractivity contribution in [3.05, 3.63) is 35.6 Å². The Kier molecular flexibility index (Phi) is 3.84. The van der Waals surface area contributed by atoms with Gasteiger partial charge in [-0.3, -0.25) is 9.59 Å². The van der Waals surface area contributed by atoms with Crippen molar-refractivity contribution < 1.29 is 14.3 Å². The molecule has 0 bridgehead atoms. The molecule has 1 unspecified atom stereocenters. The molecule has 108 valence electrons. The van der Waals surface area contributed by atoms with Gasteiger partial charge < -0.3 is 9.64 Å². The van der Waals surface area contributed by atoms with Gasteiger partial charge >= 0.3 is 0 Å². The van der Waals surface area contributed by atoms with Crippen LogP contribution in [0.2, 0.25) is 0 Å². The number of hydrogen-bond donors (Lipinski definition) is 0. The van der Waals surface area contributed by atoms with Crippen molar-refractivity contribution in [1.29, 1.82) is 0 Å². The van der Waals surface area contributed by atoms with Gasteiger partial charge in [0.25, 0.3) is 5.91 Å². The quantitative estimate of drug-likeness (QED) is 0.587. The molecule has 4 heteroatoms. The first-order chi connectivity index (χ1) is 9.40. The summed E-state index contributed by atoms with van der Waals surface area (Å²) < 4.78 is 5.80. The number of ether oxygens (including phenoxy) is 1. The fourth-order valence-corrected chi connectivity index (χ4v) is 2.43. The molecule has 0 aromatic carbocycles. The summed E-state index contributed by atoms with van der Waals surface area (Å²) in [6.07, 6.45) is 8.93. The van der Waals surface area contributed by atoms with Gasteiger partial charge in [-0.25, -0.2) is 0 Å². The Morgan fingerprint density at radius 3 is 2.75 bits per heavy atom. The predicted molar refractivity (Wildman–Crippen MR) is 76.9 cm³/mol. The summed E-state index contributed by atoms with van der Waals surface area (Å²) in [4.78, 5) is 26.3. The van der Waals surface area contributed by atoms with Crippen LogP contribution < -0.4 is 0 Å². The second-order valence-electron chi connectivity index (χ2n) is 5.50. The number of likely N-dealkylation sites (N-methyl/N-ethyl adjacent to an activating group) is 1. The Bertz CT molecular complexity index is 530. The Hall–Kier alpha value is -1.84. The summed E-state index contributed by atoms with van der Waals surface area (Å²) in [5.41, 5.74) is -0.833. The van der Waals surface area contributed by atoms with Crippen molar-refractivity contribution in [1.82, 2.24) is 4.90 Å². The van der Waals surface area contributed by atoms with Gasteiger partial charge in [-0.2, -0.15) is 0 Å². The van der Waals surface area contributed by atoms with E-state index >= 15 is 0 Å². The van der Waals surface area contributed by atoms with Gasteiger partial charge in [0.15, 0.2) is 5.60 Å². The summed E-state index contributed by atoms with van der Waals surface area (Å²) in [6, 6.07) is 0.0559. The Morgan fingerprint density at radius 1 is 1.40 bits per heavy atom. The minimum absolute atomic E-state index is 0.0559. The monoisotopic (exact) mass is 275 g/mol. The Morgan fingerprint density at radius 2 is 2.10 bits per heavy atom. The van der Waals surface area contributed by atoms with Crippen LogP contribution in [0.3, 0.4) is 0 Å². The third-order valence-electron chi connectivity index (χ3n) is 3.87. The molecule has 2 rings (SSSR count). The number of nitrogens with zero attached hydrogens (tertiary/aromatic N) is 1. The molecular formula is C16H21NO3. The van der Waals surface area contributed by atoms with Crippen LogP contribution in [0.25, 0.3) is 0 Å². The molecule has 0 saturated heterocycles. The Labute approximate surface area is 119 Å². The maximum absolute atomic E-state index is 12.5. The van der Waals surface area contributed by atoms with Crippen molar-refractivity contribution >= 4 is 11.7 Å². The zero-order valence-electron chi connectivity index (χ0n) is 12.5. The lowest BCUT2D eigenvalue weighted by atomic mass is 9.93. The molecule has 20 heavy (non-hydrogen) atoms. The first-order valence-corrected chi connectivity index (χ1v) is 6.99. The van der Waals surface area contributed by atoms with E-state index in [-0.39, 0.29) is 23.3 Å². The molecule has 2 heterocycles. The first-order valence-electron chi connectivity index (χ1n) is 6.99. The molecular weight excluding hydrogens is 254 g/mol. The van der Waals surface area contributed by atoms with Crippen LogP contribution in [-0.2, 0) is 14.3 Å². The third-order valence-corrected chi connectivity index (χ3v) is 3.87. The molecule has 2 aliphatic heterocycles. The summed E-state index contributed by atoms with van der Waals surface area (Å²) in [6.45, 7) is 5.70. The molecule has 0 aliphatic carbocycles. The van der Waals surface area contributed by atoms with Gasteiger partial charge in [-0.15, -0.1) is 0 Å². The lowest BCUT2D eigenvalue weighted by molar-refractivity contribution is -0.131. The highest BCUT2D eigenvalue weighted by Crippen LogP contribution is 2.38. The van der Waals surface area contributed by atoms with E-state index in [0.717, 1.165) is 6.42 Å². The summed E-state index contributed by atoms with van der Waals surface area (Å²) >= 11 is 0. The van der Waals surface area contributed by atoms with Gasteiger partial charge in [0.05, 0.1) is 0 Å². The zero-order chi connectivity index (χ0) is 14.9. The third kappa shape index (κ3) is 2.30. The molecule has 0 aromatic heterocycles. The van der Waals surface area contributed by atoms with Crippen LogP contribution in [0, 0.1) is 0 Å². The highest BCUT2D eigenvalue weighted by molar-refractivity contribution is 6.24.